The molecule has 0 radical (unpaired) electrons. The van der Waals surface area contributed by atoms with Crippen molar-refractivity contribution >= 4 is 11.3 Å². The van der Waals surface area contributed by atoms with Gasteiger partial charge in [0.25, 0.3) is 0 Å². The molecule has 108 valence electrons. The highest BCUT2D eigenvalue weighted by Crippen LogP contribution is 2.17. The number of likely N-dealkylation sites (N-methyl/N-ethyl adjacent to an activating group) is 1. The highest BCUT2D eigenvalue weighted by molar-refractivity contribution is 7.09. The molecule has 2 aromatic rings. The lowest BCUT2D eigenvalue weighted by molar-refractivity contribution is 0.242. The van der Waals surface area contributed by atoms with Crippen molar-refractivity contribution in [3.05, 3.63) is 57.8 Å². The van der Waals surface area contributed by atoms with E-state index in [0.29, 0.717) is 6.04 Å². The van der Waals surface area contributed by atoms with Crippen molar-refractivity contribution in [3.8, 4) is 0 Å². The largest absolute Gasteiger partial charge is 0.323 e. The van der Waals surface area contributed by atoms with Gasteiger partial charge in [0, 0.05) is 23.5 Å². The van der Waals surface area contributed by atoms with Crippen LogP contribution in [0.5, 0.6) is 0 Å². The summed E-state index contributed by atoms with van der Waals surface area (Å²) in [6.07, 6.45) is 1.09. The summed E-state index contributed by atoms with van der Waals surface area (Å²) < 4.78 is 0. The molecule has 20 heavy (non-hydrogen) atoms. The quantitative estimate of drug-likeness (QED) is 0.879. The topological polar surface area (TPSA) is 29.3 Å². The third-order valence-electron chi connectivity index (χ3n) is 3.82. The molecule has 2 atom stereocenters. The summed E-state index contributed by atoms with van der Waals surface area (Å²) in [5, 5.41) is 2.14. The van der Waals surface area contributed by atoms with E-state index in [2.05, 4.69) is 67.6 Å². The molecule has 2 rings (SSSR count). The summed E-state index contributed by atoms with van der Waals surface area (Å²) in [7, 11) is 2.16. The highest BCUT2D eigenvalue weighted by Gasteiger charge is 2.15. The van der Waals surface area contributed by atoms with Gasteiger partial charge < -0.3 is 10.6 Å². The van der Waals surface area contributed by atoms with Gasteiger partial charge in [0.05, 0.1) is 0 Å². The molecule has 1 heterocycles. The van der Waals surface area contributed by atoms with Crippen molar-refractivity contribution in [1.82, 2.24) is 4.90 Å². The highest BCUT2D eigenvalue weighted by atomic mass is 32.1. The van der Waals surface area contributed by atoms with Gasteiger partial charge in [-0.15, -0.1) is 11.3 Å². The molecule has 0 aliphatic heterocycles. The van der Waals surface area contributed by atoms with Crippen LogP contribution in [-0.4, -0.2) is 24.5 Å². The number of thiophene rings is 1. The Kier molecular flexibility index (Phi) is 5.35. The molecule has 0 bridgehead atoms. The van der Waals surface area contributed by atoms with Gasteiger partial charge in [0.1, 0.15) is 0 Å². The van der Waals surface area contributed by atoms with E-state index in [4.69, 9.17) is 5.73 Å². The van der Waals surface area contributed by atoms with E-state index in [1.807, 2.05) is 11.3 Å². The second-order valence-electron chi connectivity index (χ2n) is 5.59. The Balaban J connectivity index is 1.89. The lowest BCUT2D eigenvalue weighted by atomic mass is 10.0. The number of hydrogen-bond donors (Lipinski definition) is 1. The van der Waals surface area contributed by atoms with E-state index < -0.39 is 0 Å². The maximum atomic E-state index is 6.32. The average molecular weight is 288 g/mol. The molecule has 0 saturated carbocycles. The molecule has 1 aromatic carbocycles. The van der Waals surface area contributed by atoms with Gasteiger partial charge in [0.2, 0.25) is 0 Å². The molecule has 0 amide bonds. The van der Waals surface area contributed by atoms with Crippen LogP contribution in [0.15, 0.2) is 41.8 Å². The lowest BCUT2D eigenvalue weighted by Crippen LogP contribution is -2.36. The number of benzene rings is 1. The van der Waals surface area contributed by atoms with Crippen LogP contribution in [0.1, 0.15) is 29.0 Å². The fraction of sp³-hybridized carbons (Fsp3) is 0.412. The SMILES string of the molecule is Cc1ccc(C(N)CN(C)C(C)Cc2cccs2)cc1. The van der Waals surface area contributed by atoms with Gasteiger partial charge in [-0.3, -0.25) is 0 Å². The maximum Gasteiger partial charge on any atom is 0.0424 e. The number of nitrogens with zero attached hydrogens (tertiary/aromatic N) is 1. The molecule has 2 unspecified atom stereocenters. The number of rotatable bonds is 6. The third-order valence-corrected chi connectivity index (χ3v) is 4.72. The Labute approximate surface area is 126 Å². The Morgan fingerprint density at radius 3 is 2.50 bits per heavy atom. The molecule has 0 fully saturated rings. The molecule has 0 aliphatic rings. The minimum absolute atomic E-state index is 0.0754. The molecular weight excluding hydrogens is 264 g/mol. The lowest BCUT2D eigenvalue weighted by Gasteiger charge is -2.27. The Morgan fingerprint density at radius 2 is 1.90 bits per heavy atom. The van der Waals surface area contributed by atoms with Gasteiger partial charge in [-0.05, 0) is 44.3 Å². The summed E-state index contributed by atoms with van der Waals surface area (Å²) in [4.78, 5) is 3.79. The third kappa shape index (κ3) is 4.17. The van der Waals surface area contributed by atoms with E-state index >= 15 is 0 Å². The van der Waals surface area contributed by atoms with Gasteiger partial charge in [-0.2, -0.15) is 0 Å². The number of hydrogen-bond acceptors (Lipinski definition) is 3. The summed E-state index contributed by atoms with van der Waals surface area (Å²) in [6, 6.07) is 13.4. The smallest absolute Gasteiger partial charge is 0.0424 e. The van der Waals surface area contributed by atoms with Crippen LogP contribution in [0.25, 0.3) is 0 Å². The molecular formula is C17H24N2S. The molecule has 0 spiro atoms. The summed E-state index contributed by atoms with van der Waals surface area (Å²) in [5.41, 5.74) is 8.81. The number of aryl methyl sites for hydroxylation is 1. The number of nitrogens with two attached hydrogens (primary N) is 1. The van der Waals surface area contributed by atoms with Crippen molar-refractivity contribution in [2.75, 3.05) is 13.6 Å². The van der Waals surface area contributed by atoms with Crippen LogP contribution in [0, 0.1) is 6.92 Å². The van der Waals surface area contributed by atoms with Crippen LogP contribution in [0.2, 0.25) is 0 Å². The molecule has 3 heteroatoms. The summed E-state index contributed by atoms with van der Waals surface area (Å²) in [6.45, 7) is 5.25. The first-order valence-electron chi connectivity index (χ1n) is 7.11. The van der Waals surface area contributed by atoms with Crippen molar-refractivity contribution in [2.24, 2.45) is 5.73 Å². The molecule has 2 N–H and O–H groups in total. The minimum atomic E-state index is 0.0754. The first kappa shape index (κ1) is 15.2. The summed E-state index contributed by atoms with van der Waals surface area (Å²) >= 11 is 1.83. The zero-order valence-electron chi connectivity index (χ0n) is 12.5. The van der Waals surface area contributed by atoms with Crippen molar-refractivity contribution in [3.63, 3.8) is 0 Å². The summed E-state index contributed by atoms with van der Waals surface area (Å²) in [5.74, 6) is 0. The maximum absolute atomic E-state index is 6.32. The van der Waals surface area contributed by atoms with Crippen molar-refractivity contribution in [1.29, 1.82) is 0 Å². The second-order valence-corrected chi connectivity index (χ2v) is 6.62. The van der Waals surface area contributed by atoms with E-state index in [9.17, 15) is 0 Å². The fourth-order valence-electron chi connectivity index (χ4n) is 2.28. The standard InChI is InChI=1S/C17H24N2S/c1-13-6-8-15(9-7-13)17(18)12-19(3)14(2)11-16-5-4-10-20-16/h4-10,14,17H,11-12,18H2,1-3H3. The molecule has 0 saturated heterocycles. The van der Waals surface area contributed by atoms with Gasteiger partial charge in [0.15, 0.2) is 0 Å². The second kappa shape index (κ2) is 7.02. The molecule has 0 aliphatic carbocycles. The van der Waals surface area contributed by atoms with E-state index in [1.165, 1.54) is 16.0 Å². The van der Waals surface area contributed by atoms with Crippen molar-refractivity contribution < 1.29 is 0 Å². The van der Waals surface area contributed by atoms with Crippen LogP contribution in [-0.2, 0) is 6.42 Å². The van der Waals surface area contributed by atoms with Gasteiger partial charge >= 0.3 is 0 Å². The first-order valence-corrected chi connectivity index (χ1v) is 7.99. The normalized spacial score (nSPS) is 14.4. The Hall–Kier alpha value is -1.16. The van der Waals surface area contributed by atoms with E-state index in [-0.39, 0.29) is 6.04 Å². The predicted octanol–water partition coefficient (Wildman–Crippen LogP) is 3.62. The van der Waals surface area contributed by atoms with Crippen LogP contribution in [0.4, 0.5) is 0 Å². The zero-order valence-corrected chi connectivity index (χ0v) is 13.4. The first-order chi connectivity index (χ1) is 9.56. The molecule has 1 aromatic heterocycles. The average Bonchev–Trinajstić information content (AvgIpc) is 2.92. The van der Waals surface area contributed by atoms with Gasteiger partial charge in [-0.1, -0.05) is 35.9 Å². The van der Waals surface area contributed by atoms with Crippen LogP contribution >= 0.6 is 11.3 Å². The van der Waals surface area contributed by atoms with Crippen LogP contribution < -0.4 is 5.73 Å². The van der Waals surface area contributed by atoms with E-state index in [0.717, 1.165) is 13.0 Å². The minimum Gasteiger partial charge on any atom is -0.323 e. The monoisotopic (exact) mass is 288 g/mol. The fourth-order valence-corrected chi connectivity index (χ4v) is 3.11. The van der Waals surface area contributed by atoms with Crippen molar-refractivity contribution in [2.45, 2.75) is 32.4 Å². The Bertz CT molecular complexity index is 504. The van der Waals surface area contributed by atoms with Gasteiger partial charge in [-0.25, -0.2) is 0 Å². The Morgan fingerprint density at radius 1 is 1.20 bits per heavy atom. The predicted molar refractivity (Wildman–Crippen MR) is 88.2 cm³/mol. The van der Waals surface area contributed by atoms with E-state index in [1.54, 1.807) is 0 Å². The molecule has 2 nitrogen and oxygen atoms in total. The van der Waals surface area contributed by atoms with Crippen LogP contribution in [0.3, 0.4) is 0 Å². The zero-order chi connectivity index (χ0) is 14.5.